The van der Waals surface area contributed by atoms with Crippen LogP contribution in [-0.4, -0.2) is 4.57 Å². The van der Waals surface area contributed by atoms with E-state index in [0.29, 0.717) is 0 Å². The average Bonchev–Trinajstić information content (AvgIpc) is 2.75. The Balaban J connectivity index is 2.10. The Morgan fingerprint density at radius 3 is 2.80 bits per heavy atom. The molecule has 2 nitrogen and oxygen atoms in total. The first-order valence-electron chi connectivity index (χ1n) is 6.78. The zero-order valence-corrected chi connectivity index (χ0v) is 12.4. The first-order valence-corrected chi connectivity index (χ1v) is 7.16. The topological polar surface area (TPSA) is 30.9 Å². The molecule has 1 aliphatic carbocycles. The number of nitrogens with two attached hydrogens (primary N) is 1. The van der Waals surface area contributed by atoms with Crippen molar-refractivity contribution in [2.75, 3.05) is 0 Å². The molecule has 20 heavy (non-hydrogen) atoms. The van der Waals surface area contributed by atoms with Crippen LogP contribution in [0.25, 0.3) is 5.69 Å². The summed E-state index contributed by atoms with van der Waals surface area (Å²) in [6, 6.07) is 6.98. The van der Waals surface area contributed by atoms with Gasteiger partial charge in [-0.1, -0.05) is 25.4 Å². The highest BCUT2D eigenvalue weighted by Crippen LogP contribution is 2.40. The Bertz CT molecular complexity index is 660. The van der Waals surface area contributed by atoms with E-state index in [2.05, 4.69) is 13.8 Å². The summed E-state index contributed by atoms with van der Waals surface area (Å²) in [6.07, 6.45) is 3.88. The third-order valence-corrected chi connectivity index (χ3v) is 4.33. The van der Waals surface area contributed by atoms with Crippen LogP contribution in [0.3, 0.4) is 0 Å². The maximum atomic E-state index is 13.7. The van der Waals surface area contributed by atoms with E-state index in [-0.39, 0.29) is 16.5 Å². The zero-order valence-electron chi connectivity index (χ0n) is 11.7. The molecule has 0 spiro atoms. The van der Waals surface area contributed by atoms with E-state index in [0.717, 1.165) is 18.5 Å². The van der Waals surface area contributed by atoms with Crippen LogP contribution in [-0.2, 0) is 6.42 Å². The SMILES string of the molecule is CC1(C)Cc2c(ccn2-c2ccc(Cl)c(F)c2)C(N)C1. The van der Waals surface area contributed by atoms with Crippen LogP contribution < -0.4 is 5.73 Å². The van der Waals surface area contributed by atoms with E-state index >= 15 is 0 Å². The Morgan fingerprint density at radius 2 is 2.10 bits per heavy atom. The first kappa shape index (κ1) is 13.7. The molecule has 2 N–H and O–H groups in total. The van der Waals surface area contributed by atoms with Crippen molar-refractivity contribution in [3.8, 4) is 5.69 Å². The van der Waals surface area contributed by atoms with Gasteiger partial charge in [0.2, 0.25) is 0 Å². The molecule has 1 aromatic carbocycles. The maximum absolute atomic E-state index is 13.7. The van der Waals surface area contributed by atoms with Gasteiger partial charge in [0, 0.05) is 23.6 Å². The molecule has 106 valence electrons. The molecule has 0 saturated carbocycles. The largest absolute Gasteiger partial charge is 0.324 e. The Hall–Kier alpha value is -1.32. The number of halogens is 2. The normalized spacial score (nSPS) is 20.8. The van der Waals surface area contributed by atoms with Gasteiger partial charge in [0.15, 0.2) is 0 Å². The quantitative estimate of drug-likeness (QED) is 0.837. The standard InChI is InChI=1S/C16H18ClFN2/c1-16(2)8-14(19)11-5-6-20(15(11)9-16)10-3-4-12(17)13(18)7-10/h3-7,14H,8-9,19H2,1-2H3. The average molecular weight is 293 g/mol. The molecule has 0 radical (unpaired) electrons. The molecule has 3 rings (SSSR count). The minimum atomic E-state index is -0.397. The fraction of sp³-hybridized carbons (Fsp3) is 0.375. The molecule has 4 heteroatoms. The van der Waals surface area contributed by atoms with Gasteiger partial charge in [-0.05, 0) is 48.1 Å². The van der Waals surface area contributed by atoms with Gasteiger partial charge in [-0.25, -0.2) is 4.39 Å². The lowest BCUT2D eigenvalue weighted by Gasteiger charge is -2.34. The summed E-state index contributed by atoms with van der Waals surface area (Å²) in [4.78, 5) is 0. The summed E-state index contributed by atoms with van der Waals surface area (Å²) in [5, 5.41) is 0.145. The lowest BCUT2D eigenvalue weighted by molar-refractivity contribution is 0.278. The van der Waals surface area contributed by atoms with Crippen molar-refractivity contribution in [1.82, 2.24) is 4.57 Å². The van der Waals surface area contributed by atoms with Crippen LogP contribution in [0.15, 0.2) is 30.5 Å². The molecule has 2 aromatic rings. The van der Waals surface area contributed by atoms with Gasteiger partial charge in [-0.15, -0.1) is 0 Å². The summed E-state index contributed by atoms with van der Waals surface area (Å²) < 4.78 is 15.7. The number of nitrogens with zero attached hydrogens (tertiary/aromatic N) is 1. The van der Waals surface area contributed by atoms with Crippen LogP contribution in [0, 0.1) is 11.2 Å². The Kier molecular flexibility index (Phi) is 3.14. The highest BCUT2D eigenvalue weighted by molar-refractivity contribution is 6.30. The van der Waals surface area contributed by atoms with Crippen molar-refractivity contribution in [3.63, 3.8) is 0 Å². The summed E-state index contributed by atoms with van der Waals surface area (Å²) in [5.74, 6) is -0.397. The molecule has 1 aliphatic rings. The molecule has 1 atom stereocenters. The molecule has 1 aromatic heterocycles. The number of benzene rings is 1. The van der Waals surface area contributed by atoms with Crippen LogP contribution in [0.2, 0.25) is 5.02 Å². The molecule has 0 aliphatic heterocycles. The van der Waals surface area contributed by atoms with Gasteiger partial charge in [0.05, 0.1) is 5.02 Å². The number of aromatic nitrogens is 1. The molecular weight excluding hydrogens is 275 g/mol. The summed E-state index contributed by atoms with van der Waals surface area (Å²) in [7, 11) is 0. The second-order valence-corrected chi connectivity index (χ2v) is 6.74. The summed E-state index contributed by atoms with van der Waals surface area (Å²) in [6.45, 7) is 4.44. The number of hydrogen-bond donors (Lipinski definition) is 1. The molecule has 0 fully saturated rings. The van der Waals surface area contributed by atoms with Crippen molar-refractivity contribution in [2.24, 2.45) is 11.1 Å². The molecule has 0 saturated heterocycles. The lowest BCUT2D eigenvalue weighted by Crippen LogP contribution is -2.30. The fourth-order valence-electron chi connectivity index (χ4n) is 3.11. The van der Waals surface area contributed by atoms with E-state index in [1.54, 1.807) is 6.07 Å². The highest BCUT2D eigenvalue weighted by atomic mass is 35.5. The van der Waals surface area contributed by atoms with E-state index < -0.39 is 5.82 Å². The third-order valence-electron chi connectivity index (χ3n) is 4.03. The van der Waals surface area contributed by atoms with Crippen molar-refractivity contribution >= 4 is 11.6 Å². The van der Waals surface area contributed by atoms with Gasteiger partial charge >= 0.3 is 0 Å². The predicted octanol–water partition coefficient (Wildman–Crippen LogP) is 4.24. The minimum Gasteiger partial charge on any atom is -0.324 e. The molecule has 0 amide bonds. The van der Waals surface area contributed by atoms with Crippen molar-refractivity contribution in [1.29, 1.82) is 0 Å². The fourth-order valence-corrected chi connectivity index (χ4v) is 3.23. The van der Waals surface area contributed by atoms with Gasteiger partial charge < -0.3 is 10.3 Å². The van der Waals surface area contributed by atoms with Crippen molar-refractivity contribution < 1.29 is 4.39 Å². The second kappa shape index (κ2) is 4.61. The van der Waals surface area contributed by atoms with Crippen LogP contribution in [0.4, 0.5) is 4.39 Å². The zero-order chi connectivity index (χ0) is 14.5. The van der Waals surface area contributed by atoms with E-state index in [1.165, 1.54) is 17.3 Å². The smallest absolute Gasteiger partial charge is 0.143 e. The van der Waals surface area contributed by atoms with Gasteiger partial charge in [-0.2, -0.15) is 0 Å². The van der Waals surface area contributed by atoms with Gasteiger partial charge in [0.25, 0.3) is 0 Å². The van der Waals surface area contributed by atoms with E-state index in [1.807, 2.05) is 22.9 Å². The van der Waals surface area contributed by atoms with Crippen LogP contribution in [0.1, 0.15) is 37.6 Å². The van der Waals surface area contributed by atoms with E-state index in [4.69, 9.17) is 17.3 Å². The third kappa shape index (κ3) is 2.25. The maximum Gasteiger partial charge on any atom is 0.143 e. The molecule has 1 unspecified atom stereocenters. The van der Waals surface area contributed by atoms with Crippen LogP contribution in [0.5, 0.6) is 0 Å². The second-order valence-electron chi connectivity index (χ2n) is 6.34. The van der Waals surface area contributed by atoms with Gasteiger partial charge in [-0.3, -0.25) is 0 Å². The summed E-state index contributed by atoms with van der Waals surface area (Å²) in [5.41, 5.74) is 9.55. The molecule has 1 heterocycles. The van der Waals surface area contributed by atoms with Crippen molar-refractivity contribution in [3.05, 3.63) is 52.6 Å². The molecule has 0 bridgehead atoms. The summed E-state index contributed by atoms with van der Waals surface area (Å²) >= 11 is 5.75. The lowest BCUT2D eigenvalue weighted by atomic mass is 9.74. The van der Waals surface area contributed by atoms with Crippen LogP contribution >= 0.6 is 11.6 Å². The number of hydrogen-bond acceptors (Lipinski definition) is 1. The Labute approximate surface area is 123 Å². The Morgan fingerprint density at radius 1 is 1.35 bits per heavy atom. The van der Waals surface area contributed by atoms with Gasteiger partial charge in [0.1, 0.15) is 5.82 Å². The van der Waals surface area contributed by atoms with Crippen molar-refractivity contribution in [2.45, 2.75) is 32.7 Å². The monoisotopic (exact) mass is 292 g/mol. The predicted molar refractivity (Wildman–Crippen MR) is 79.8 cm³/mol. The first-order chi connectivity index (χ1) is 9.37. The van der Waals surface area contributed by atoms with E-state index in [9.17, 15) is 4.39 Å². The number of fused-ring (bicyclic) bond motifs is 1. The number of rotatable bonds is 1. The minimum absolute atomic E-state index is 0.0483. The highest BCUT2D eigenvalue weighted by Gasteiger charge is 2.32. The molecular formula is C16H18ClFN2.